The summed E-state index contributed by atoms with van der Waals surface area (Å²) in [4.78, 5) is 16.9. The summed E-state index contributed by atoms with van der Waals surface area (Å²) in [7, 11) is 0. The predicted octanol–water partition coefficient (Wildman–Crippen LogP) is 2.53. The van der Waals surface area contributed by atoms with E-state index in [4.69, 9.17) is 0 Å². The van der Waals surface area contributed by atoms with Gasteiger partial charge in [-0.25, -0.2) is 0 Å². The highest BCUT2D eigenvalue weighted by molar-refractivity contribution is 5.96. The first-order valence-electron chi connectivity index (χ1n) is 9.65. The Morgan fingerprint density at radius 2 is 1.78 bits per heavy atom. The maximum Gasteiger partial charge on any atom is 0.257 e. The van der Waals surface area contributed by atoms with Gasteiger partial charge in [0.2, 0.25) is 0 Å². The summed E-state index contributed by atoms with van der Waals surface area (Å²) in [5.74, 6) is -0.119. The summed E-state index contributed by atoms with van der Waals surface area (Å²) >= 11 is 0. The smallest absolute Gasteiger partial charge is 0.257 e. The Labute approximate surface area is 160 Å². The molecule has 5 heteroatoms. The van der Waals surface area contributed by atoms with Crippen LogP contribution in [0.25, 0.3) is 0 Å². The fraction of sp³-hybridized carbons (Fsp3) is 0.409. The average Bonchev–Trinajstić information content (AvgIpc) is 2.70. The molecular weight excluding hydrogens is 340 g/mol. The SMILES string of the molecule is O=C(c1ccccc1O)N1CCN(CCCc2ccccc2)[C@@H](CCO)C1. The summed E-state index contributed by atoms with van der Waals surface area (Å²) in [5, 5.41) is 19.4. The van der Waals surface area contributed by atoms with E-state index in [2.05, 4.69) is 29.2 Å². The Morgan fingerprint density at radius 3 is 2.52 bits per heavy atom. The number of phenolic OH excluding ortho intramolecular Hbond substituents is 1. The number of hydrogen-bond acceptors (Lipinski definition) is 4. The number of hydrogen-bond donors (Lipinski definition) is 2. The fourth-order valence-corrected chi connectivity index (χ4v) is 3.75. The number of para-hydroxylation sites is 1. The van der Waals surface area contributed by atoms with Crippen molar-refractivity contribution >= 4 is 5.91 Å². The van der Waals surface area contributed by atoms with Crippen LogP contribution in [0.3, 0.4) is 0 Å². The second-order valence-corrected chi connectivity index (χ2v) is 7.06. The van der Waals surface area contributed by atoms with E-state index in [1.165, 1.54) is 11.6 Å². The Balaban J connectivity index is 1.58. The number of carbonyl (C=O) groups excluding carboxylic acids is 1. The van der Waals surface area contributed by atoms with Crippen LogP contribution in [-0.4, -0.2) is 64.7 Å². The molecule has 1 heterocycles. The van der Waals surface area contributed by atoms with Crippen molar-refractivity contribution in [3.05, 3.63) is 65.7 Å². The molecule has 0 radical (unpaired) electrons. The normalized spacial score (nSPS) is 17.8. The second-order valence-electron chi connectivity index (χ2n) is 7.06. The van der Waals surface area contributed by atoms with Gasteiger partial charge >= 0.3 is 0 Å². The van der Waals surface area contributed by atoms with Gasteiger partial charge in [0.25, 0.3) is 5.91 Å². The number of aryl methyl sites for hydroxylation is 1. The number of aliphatic hydroxyl groups excluding tert-OH is 1. The molecule has 5 nitrogen and oxygen atoms in total. The van der Waals surface area contributed by atoms with Crippen molar-refractivity contribution in [2.45, 2.75) is 25.3 Å². The van der Waals surface area contributed by atoms with Gasteiger partial charge in [-0.15, -0.1) is 0 Å². The Kier molecular flexibility index (Phi) is 6.85. The van der Waals surface area contributed by atoms with E-state index in [0.717, 1.165) is 25.9 Å². The molecule has 1 aliphatic heterocycles. The molecule has 0 spiro atoms. The first kappa shape index (κ1) is 19.4. The molecule has 27 heavy (non-hydrogen) atoms. The number of amides is 1. The van der Waals surface area contributed by atoms with Crippen LogP contribution in [0.1, 0.15) is 28.8 Å². The minimum Gasteiger partial charge on any atom is -0.507 e. The maximum absolute atomic E-state index is 12.8. The van der Waals surface area contributed by atoms with Gasteiger partial charge in [0, 0.05) is 32.3 Å². The summed E-state index contributed by atoms with van der Waals surface area (Å²) in [5.41, 5.74) is 1.68. The maximum atomic E-state index is 12.8. The summed E-state index contributed by atoms with van der Waals surface area (Å²) in [6.07, 6.45) is 2.74. The number of piperazine rings is 1. The Bertz CT molecular complexity index is 735. The van der Waals surface area contributed by atoms with E-state index in [9.17, 15) is 15.0 Å². The number of nitrogens with zero attached hydrogens (tertiary/aromatic N) is 2. The standard InChI is InChI=1S/C22H28N2O3/c25-16-12-19-17-24(22(27)20-10-4-5-11-21(20)26)15-14-23(19)13-6-9-18-7-2-1-3-8-18/h1-5,7-8,10-11,19,25-26H,6,9,12-17H2/t19-/m0/s1. The van der Waals surface area contributed by atoms with Crippen LogP contribution < -0.4 is 0 Å². The van der Waals surface area contributed by atoms with Crippen LogP contribution in [0.2, 0.25) is 0 Å². The molecule has 0 saturated carbocycles. The number of aromatic hydroxyl groups is 1. The van der Waals surface area contributed by atoms with Crippen LogP contribution in [0.5, 0.6) is 5.75 Å². The van der Waals surface area contributed by atoms with E-state index in [-0.39, 0.29) is 24.3 Å². The number of phenols is 1. The van der Waals surface area contributed by atoms with Crippen molar-refractivity contribution in [1.82, 2.24) is 9.80 Å². The zero-order chi connectivity index (χ0) is 19.1. The lowest BCUT2D eigenvalue weighted by Gasteiger charge is -2.41. The number of aliphatic hydroxyl groups is 1. The quantitative estimate of drug-likeness (QED) is 0.788. The lowest BCUT2D eigenvalue weighted by atomic mass is 10.0. The van der Waals surface area contributed by atoms with Gasteiger partial charge in [0.15, 0.2) is 0 Å². The molecule has 1 aliphatic rings. The minimum absolute atomic E-state index is 0.0199. The molecule has 0 bridgehead atoms. The van der Waals surface area contributed by atoms with Crippen molar-refractivity contribution in [1.29, 1.82) is 0 Å². The molecule has 1 amide bonds. The molecule has 2 aromatic carbocycles. The Hall–Kier alpha value is -2.37. The van der Waals surface area contributed by atoms with Gasteiger partial charge in [0.05, 0.1) is 5.56 Å². The van der Waals surface area contributed by atoms with Gasteiger partial charge in [-0.05, 0) is 43.5 Å². The van der Waals surface area contributed by atoms with Gasteiger partial charge in [-0.1, -0.05) is 42.5 Å². The Morgan fingerprint density at radius 1 is 1.04 bits per heavy atom. The largest absolute Gasteiger partial charge is 0.507 e. The summed E-state index contributed by atoms with van der Waals surface area (Å²) in [6, 6.07) is 17.3. The molecule has 3 rings (SSSR count). The lowest BCUT2D eigenvalue weighted by Crippen LogP contribution is -2.55. The highest BCUT2D eigenvalue weighted by atomic mass is 16.3. The molecule has 2 N–H and O–H groups in total. The van der Waals surface area contributed by atoms with Crippen LogP contribution in [0, 0.1) is 0 Å². The van der Waals surface area contributed by atoms with Crippen LogP contribution in [0.4, 0.5) is 0 Å². The number of benzene rings is 2. The van der Waals surface area contributed by atoms with Crippen molar-refractivity contribution in [2.24, 2.45) is 0 Å². The lowest BCUT2D eigenvalue weighted by molar-refractivity contribution is 0.0417. The molecule has 144 valence electrons. The van der Waals surface area contributed by atoms with E-state index >= 15 is 0 Å². The van der Waals surface area contributed by atoms with Crippen molar-refractivity contribution in [3.8, 4) is 5.75 Å². The fourth-order valence-electron chi connectivity index (χ4n) is 3.75. The first-order chi connectivity index (χ1) is 13.2. The minimum atomic E-state index is -0.139. The summed E-state index contributed by atoms with van der Waals surface area (Å²) in [6.45, 7) is 3.08. The van der Waals surface area contributed by atoms with Crippen LogP contribution >= 0.6 is 0 Å². The van der Waals surface area contributed by atoms with Gasteiger partial charge in [-0.2, -0.15) is 0 Å². The molecule has 1 saturated heterocycles. The third-order valence-corrected chi connectivity index (χ3v) is 5.24. The van der Waals surface area contributed by atoms with Crippen molar-refractivity contribution < 1.29 is 15.0 Å². The third-order valence-electron chi connectivity index (χ3n) is 5.24. The average molecular weight is 368 g/mol. The van der Waals surface area contributed by atoms with Crippen molar-refractivity contribution in [2.75, 3.05) is 32.8 Å². The monoisotopic (exact) mass is 368 g/mol. The van der Waals surface area contributed by atoms with E-state index in [0.29, 0.717) is 25.1 Å². The van der Waals surface area contributed by atoms with Crippen LogP contribution in [-0.2, 0) is 6.42 Å². The van der Waals surface area contributed by atoms with Crippen molar-refractivity contribution in [3.63, 3.8) is 0 Å². The zero-order valence-electron chi connectivity index (χ0n) is 15.6. The zero-order valence-corrected chi connectivity index (χ0v) is 15.6. The van der Waals surface area contributed by atoms with Crippen LogP contribution in [0.15, 0.2) is 54.6 Å². The molecule has 0 unspecified atom stereocenters. The predicted molar refractivity (Wildman–Crippen MR) is 106 cm³/mol. The van der Waals surface area contributed by atoms with E-state index in [1.54, 1.807) is 23.1 Å². The summed E-state index contributed by atoms with van der Waals surface area (Å²) < 4.78 is 0. The third kappa shape index (κ3) is 5.08. The molecule has 1 fully saturated rings. The second kappa shape index (κ2) is 9.53. The molecule has 0 aromatic heterocycles. The van der Waals surface area contributed by atoms with E-state index in [1.807, 2.05) is 6.07 Å². The number of rotatable bonds is 7. The first-order valence-corrected chi connectivity index (χ1v) is 9.65. The molecule has 2 aromatic rings. The topological polar surface area (TPSA) is 64.0 Å². The van der Waals surface area contributed by atoms with E-state index < -0.39 is 0 Å². The number of carbonyl (C=O) groups is 1. The van der Waals surface area contributed by atoms with Gasteiger partial charge in [0.1, 0.15) is 5.75 Å². The molecule has 0 aliphatic carbocycles. The highest BCUT2D eigenvalue weighted by Crippen LogP contribution is 2.21. The highest BCUT2D eigenvalue weighted by Gasteiger charge is 2.30. The van der Waals surface area contributed by atoms with Gasteiger partial charge in [-0.3, -0.25) is 9.69 Å². The van der Waals surface area contributed by atoms with Gasteiger partial charge < -0.3 is 15.1 Å². The molecule has 1 atom stereocenters. The molecular formula is C22H28N2O3.